The topological polar surface area (TPSA) is 37.4 Å². The van der Waals surface area contributed by atoms with E-state index < -0.39 is 0 Å². The monoisotopic (exact) mass is 307 g/mol. The number of aryl methyl sites for hydroxylation is 1. The summed E-state index contributed by atoms with van der Waals surface area (Å²) >= 11 is 0. The molecule has 23 heavy (non-hydrogen) atoms. The molecule has 0 aromatic heterocycles. The Balaban J connectivity index is 1.87. The molecule has 0 bridgehead atoms. The van der Waals surface area contributed by atoms with Gasteiger partial charge in [-0.25, -0.2) is 0 Å². The third-order valence-corrected chi connectivity index (χ3v) is 4.57. The first-order chi connectivity index (χ1) is 11.1. The molecular formula is C20H21NO2. The van der Waals surface area contributed by atoms with Crippen molar-refractivity contribution < 1.29 is 9.59 Å². The smallest absolute Gasteiger partial charge is 0.230 e. The van der Waals surface area contributed by atoms with E-state index in [4.69, 9.17) is 0 Å². The summed E-state index contributed by atoms with van der Waals surface area (Å²) in [5.74, 6) is -0.196. The van der Waals surface area contributed by atoms with Crippen LogP contribution < -0.4 is 0 Å². The third-order valence-electron chi connectivity index (χ3n) is 4.57. The summed E-state index contributed by atoms with van der Waals surface area (Å²) < 4.78 is 0. The van der Waals surface area contributed by atoms with Crippen LogP contribution in [0.3, 0.4) is 0 Å². The van der Waals surface area contributed by atoms with E-state index in [0.29, 0.717) is 19.5 Å². The highest BCUT2D eigenvalue weighted by atomic mass is 16.2. The second-order valence-electron chi connectivity index (χ2n) is 6.05. The van der Waals surface area contributed by atoms with E-state index in [1.54, 1.807) is 0 Å². The van der Waals surface area contributed by atoms with Gasteiger partial charge in [-0.2, -0.15) is 0 Å². The maximum atomic E-state index is 13.0. The number of nitrogens with zero attached hydrogens (tertiary/aromatic N) is 1. The van der Waals surface area contributed by atoms with Gasteiger partial charge in [-0.3, -0.25) is 9.59 Å². The van der Waals surface area contributed by atoms with Crippen LogP contribution in [0.25, 0.3) is 0 Å². The maximum absolute atomic E-state index is 13.0. The number of carbonyl (C=O) groups is 2. The fourth-order valence-corrected chi connectivity index (χ4v) is 3.36. The molecule has 0 fully saturated rings. The fraction of sp³-hybridized carbons (Fsp3) is 0.300. The number of hydrogen-bond donors (Lipinski definition) is 0. The fourth-order valence-electron chi connectivity index (χ4n) is 3.36. The zero-order chi connectivity index (χ0) is 16.4. The zero-order valence-electron chi connectivity index (χ0n) is 13.6. The molecule has 3 nitrogen and oxygen atoms in total. The number of likely N-dealkylation sites (N-methyl/N-ethyl adjacent to an activating group) is 1. The van der Waals surface area contributed by atoms with E-state index >= 15 is 0 Å². The van der Waals surface area contributed by atoms with Crippen molar-refractivity contribution >= 4 is 11.7 Å². The minimum Gasteiger partial charge on any atom is -0.338 e. The predicted octanol–water partition coefficient (Wildman–Crippen LogP) is 3.71. The van der Waals surface area contributed by atoms with Gasteiger partial charge >= 0.3 is 0 Å². The number of hydrogen-bond acceptors (Lipinski definition) is 2. The van der Waals surface area contributed by atoms with Crippen LogP contribution in [-0.4, -0.2) is 23.1 Å². The molecule has 0 saturated heterocycles. The molecular weight excluding hydrogens is 286 g/mol. The van der Waals surface area contributed by atoms with Gasteiger partial charge in [0, 0.05) is 25.1 Å². The van der Waals surface area contributed by atoms with Crippen LogP contribution in [0, 0.1) is 6.92 Å². The number of rotatable bonds is 4. The van der Waals surface area contributed by atoms with Gasteiger partial charge in [0.1, 0.15) is 0 Å². The molecule has 2 aromatic rings. The first-order valence-electron chi connectivity index (χ1n) is 8.07. The first-order valence-corrected chi connectivity index (χ1v) is 8.07. The molecule has 1 atom stereocenters. The van der Waals surface area contributed by atoms with E-state index in [1.807, 2.05) is 67.3 Å². The van der Waals surface area contributed by atoms with Crippen LogP contribution in [0.1, 0.15) is 46.3 Å². The van der Waals surface area contributed by atoms with Crippen molar-refractivity contribution in [1.82, 2.24) is 4.90 Å². The Morgan fingerprint density at radius 3 is 2.57 bits per heavy atom. The van der Waals surface area contributed by atoms with Crippen molar-refractivity contribution in [1.29, 1.82) is 0 Å². The van der Waals surface area contributed by atoms with Crippen LogP contribution in [0.4, 0.5) is 0 Å². The Labute approximate surface area is 136 Å². The van der Waals surface area contributed by atoms with Gasteiger partial charge in [0.25, 0.3) is 0 Å². The minimum atomic E-state index is -0.331. The largest absolute Gasteiger partial charge is 0.338 e. The van der Waals surface area contributed by atoms with E-state index in [0.717, 1.165) is 22.3 Å². The van der Waals surface area contributed by atoms with E-state index in [9.17, 15) is 9.59 Å². The first kappa shape index (κ1) is 15.5. The number of fused-ring (bicyclic) bond motifs is 1. The molecule has 1 aliphatic rings. The molecule has 0 radical (unpaired) electrons. The Bertz CT molecular complexity index is 737. The van der Waals surface area contributed by atoms with Gasteiger partial charge in [0.2, 0.25) is 5.91 Å². The molecule has 0 heterocycles. The molecule has 0 spiro atoms. The quantitative estimate of drug-likeness (QED) is 0.863. The molecule has 1 aliphatic carbocycles. The van der Waals surface area contributed by atoms with Gasteiger partial charge in [-0.15, -0.1) is 0 Å². The van der Waals surface area contributed by atoms with Gasteiger partial charge < -0.3 is 4.90 Å². The average molecular weight is 307 g/mol. The van der Waals surface area contributed by atoms with Gasteiger partial charge in [0.15, 0.2) is 5.78 Å². The van der Waals surface area contributed by atoms with Crippen molar-refractivity contribution in [2.45, 2.75) is 32.7 Å². The predicted molar refractivity (Wildman–Crippen MR) is 90.4 cm³/mol. The zero-order valence-corrected chi connectivity index (χ0v) is 13.6. The molecule has 3 rings (SSSR count). The van der Waals surface area contributed by atoms with Crippen LogP contribution in [0.2, 0.25) is 0 Å². The van der Waals surface area contributed by atoms with Crippen LogP contribution in [0.5, 0.6) is 0 Å². The van der Waals surface area contributed by atoms with E-state index in [2.05, 4.69) is 0 Å². The maximum Gasteiger partial charge on any atom is 0.230 e. The third kappa shape index (κ3) is 2.91. The lowest BCUT2D eigenvalue weighted by Gasteiger charge is -2.25. The highest BCUT2D eigenvalue weighted by Gasteiger charge is 2.37. The van der Waals surface area contributed by atoms with E-state index in [-0.39, 0.29) is 17.6 Å². The van der Waals surface area contributed by atoms with Crippen molar-refractivity contribution in [3.8, 4) is 0 Å². The Morgan fingerprint density at radius 2 is 1.87 bits per heavy atom. The van der Waals surface area contributed by atoms with Gasteiger partial charge in [-0.1, -0.05) is 48.5 Å². The SMILES string of the molecule is CCN(Cc1ccccc1)C(=O)C1CC(=O)c2cccc(C)c21. The second-order valence-corrected chi connectivity index (χ2v) is 6.05. The van der Waals surface area contributed by atoms with Gasteiger partial charge in [-0.05, 0) is 30.5 Å². The molecule has 1 unspecified atom stereocenters. The number of carbonyl (C=O) groups excluding carboxylic acids is 2. The van der Waals surface area contributed by atoms with Crippen LogP contribution in [-0.2, 0) is 11.3 Å². The summed E-state index contributed by atoms with van der Waals surface area (Å²) in [6.45, 7) is 5.18. The summed E-state index contributed by atoms with van der Waals surface area (Å²) in [4.78, 5) is 27.1. The molecule has 2 aromatic carbocycles. The van der Waals surface area contributed by atoms with E-state index in [1.165, 1.54) is 0 Å². The van der Waals surface area contributed by atoms with Gasteiger partial charge in [0.05, 0.1) is 5.92 Å². The standard InChI is InChI=1S/C20H21NO2/c1-3-21(13-15-9-5-4-6-10-15)20(23)17-12-18(22)16-11-7-8-14(2)19(16)17/h4-11,17H,3,12-13H2,1-2H3. The lowest BCUT2D eigenvalue weighted by atomic mass is 9.95. The summed E-state index contributed by atoms with van der Waals surface area (Å²) in [5, 5.41) is 0. The molecule has 118 valence electrons. The number of amides is 1. The Hall–Kier alpha value is -2.42. The summed E-state index contributed by atoms with van der Waals surface area (Å²) in [7, 11) is 0. The lowest BCUT2D eigenvalue weighted by molar-refractivity contribution is -0.133. The van der Waals surface area contributed by atoms with Crippen LogP contribution >= 0.6 is 0 Å². The number of benzene rings is 2. The highest BCUT2D eigenvalue weighted by molar-refractivity contribution is 6.07. The van der Waals surface area contributed by atoms with Crippen LogP contribution in [0.15, 0.2) is 48.5 Å². The summed E-state index contributed by atoms with van der Waals surface area (Å²) in [6, 6.07) is 15.7. The molecule has 3 heteroatoms. The lowest BCUT2D eigenvalue weighted by Crippen LogP contribution is -2.34. The van der Waals surface area contributed by atoms with Crippen molar-refractivity contribution in [3.63, 3.8) is 0 Å². The second kappa shape index (κ2) is 6.37. The summed E-state index contributed by atoms with van der Waals surface area (Å²) in [6.07, 6.45) is 0.296. The van der Waals surface area contributed by atoms with Crippen molar-refractivity contribution in [2.75, 3.05) is 6.54 Å². The van der Waals surface area contributed by atoms with Crippen molar-refractivity contribution in [3.05, 3.63) is 70.8 Å². The normalized spacial score (nSPS) is 16.3. The van der Waals surface area contributed by atoms with Crippen molar-refractivity contribution in [2.24, 2.45) is 0 Å². The number of Topliss-reactive ketones (excluding diaryl/α,β-unsaturated/α-hetero) is 1. The molecule has 0 aliphatic heterocycles. The average Bonchev–Trinajstić information content (AvgIpc) is 2.91. The highest BCUT2D eigenvalue weighted by Crippen LogP contribution is 2.36. The molecule has 1 amide bonds. The minimum absolute atomic E-state index is 0.0535. The number of ketones is 1. The Kier molecular flexibility index (Phi) is 4.28. The molecule has 0 N–H and O–H groups in total. The Morgan fingerprint density at radius 1 is 1.13 bits per heavy atom. The molecule has 0 saturated carbocycles. The summed E-state index contributed by atoms with van der Waals surface area (Å²) in [5.41, 5.74) is 3.78.